The van der Waals surface area contributed by atoms with Gasteiger partial charge in [0.25, 0.3) is 0 Å². The third kappa shape index (κ3) is 2.84. The molecular formula is C9H10ClN3O2S. The summed E-state index contributed by atoms with van der Waals surface area (Å²) >= 11 is 5.77. The predicted molar refractivity (Wildman–Crippen MR) is 61.5 cm³/mol. The fraction of sp³-hybridized carbons (Fsp3) is 0.333. The number of sulfonamides is 1. The molecule has 1 aromatic heterocycles. The molecule has 86 valence electrons. The molecule has 0 aliphatic heterocycles. The van der Waals surface area contributed by atoms with E-state index in [1.165, 1.54) is 18.5 Å². The van der Waals surface area contributed by atoms with E-state index in [4.69, 9.17) is 16.9 Å². The Balaban J connectivity index is 2.99. The Morgan fingerprint density at radius 1 is 1.69 bits per heavy atom. The fourth-order valence-corrected chi connectivity index (χ4v) is 2.45. The second kappa shape index (κ2) is 5.14. The van der Waals surface area contributed by atoms with Gasteiger partial charge >= 0.3 is 0 Å². The van der Waals surface area contributed by atoms with E-state index in [0.717, 1.165) is 0 Å². The highest BCUT2D eigenvalue weighted by atomic mass is 35.5. The normalized spacial score (nSPS) is 12.8. The van der Waals surface area contributed by atoms with Crippen LogP contribution in [0, 0.1) is 11.3 Å². The number of halogens is 1. The van der Waals surface area contributed by atoms with Crippen molar-refractivity contribution >= 4 is 27.3 Å². The van der Waals surface area contributed by atoms with E-state index < -0.39 is 15.3 Å². The maximum absolute atomic E-state index is 11.7. The van der Waals surface area contributed by atoms with Gasteiger partial charge in [-0.25, -0.2) is 8.42 Å². The molecule has 0 amide bonds. The van der Waals surface area contributed by atoms with Crippen molar-refractivity contribution in [3.63, 3.8) is 0 Å². The molecule has 0 bridgehead atoms. The zero-order valence-electron chi connectivity index (χ0n) is 8.51. The van der Waals surface area contributed by atoms with E-state index in [1.54, 1.807) is 13.0 Å². The van der Waals surface area contributed by atoms with Crippen LogP contribution in [-0.4, -0.2) is 18.7 Å². The first-order valence-corrected chi connectivity index (χ1v) is 6.44. The van der Waals surface area contributed by atoms with Crippen molar-refractivity contribution in [2.75, 3.05) is 4.72 Å². The second-order valence-electron chi connectivity index (χ2n) is 3.03. The van der Waals surface area contributed by atoms with E-state index in [2.05, 4.69) is 9.71 Å². The molecule has 1 heterocycles. The monoisotopic (exact) mass is 259 g/mol. The van der Waals surface area contributed by atoms with Crippen molar-refractivity contribution in [1.29, 1.82) is 5.26 Å². The summed E-state index contributed by atoms with van der Waals surface area (Å²) in [5.41, 5.74) is 0.179. The number of nitriles is 1. The lowest BCUT2D eigenvalue weighted by molar-refractivity contribution is 0.593. The van der Waals surface area contributed by atoms with Gasteiger partial charge in [0.2, 0.25) is 10.0 Å². The Hall–Kier alpha value is -1.32. The molecule has 0 aromatic carbocycles. The zero-order chi connectivity index (χ0) is 12.2. The van der Waals surface area contributed by atoms with Crippen LogP contribution in [0.1, 0.15) is 13.3 Å². The molecule has 0 aliphatic rings. The molecular weight excluding hydrogens is 250 g/mol. The van der Waals surface area contributed by atoms with Crippen LogP contribution in [0.15, 0.2) is 18.5 Å². The van der Waals surface area contributed by atoms with Gasteiger partial charge in [-0.05, 0) is 12.5 Å². The highest BCUT2D eigenvalue weighted by Crippen LogP contribution is 2.21. The number of nitrogens with zero attached hydrogens (tertiary/aromatic N) is 2. The number of pyridine rings is 1. The lowest BCUT2D eigenvalue weighted by Crippen LogP contribution is -2.26. The number of rotatable bonds is 4. The summed E-state index contributed by atoms with van der Waals surface area (Å²) in [5.74, 6) is 0. The Labute approximate surface area is 99.1 Å². The molecule has 0 aliphatic carbocycles. The summed E-state index contributed by atoms with van der Waals surface area (Å²) in [6, 6.07) is 3.18. The molecule has 16 heavy (non-hydrogen) atoms. The van der Waals surface area contributed by atoms with E-state index in [9.17, 15) is 8.42 Å². The average Bonchev–Trinajstić information content (AvgIpc) is 2.22. The molecule has 0 saturated carbocycles. The van der Waals surface area contributed by atoms with Crippen LogP contribution in [0.2, 0.25) is 5.02 Å². The van der Waals surface area contributed by atoms with Crippen LogP contribution < -0.4 is 4.72 Å². The Kier molecular flexibility index (Phi) is 4.10. The predicted octanol–water partition coefficient (Wildman–Crippen LogP) is 1.78. The maximum Gasteiger partial charge on any atom is 0.249 e. The van der Waals surface area contributed by atoms with Crippen molar-refractivity contribution in [2.24, 2.45) is 0 Å². The van der Waals surface area contributed by atoms with Crippen molar-refractivity contribution in [3.8, 4) is 6.07 Å². The molecule has 1 rings (SSSR count). The number of nitrogens with one attached hydrogen (secondary N) is 1. The average molecular weight is 260 g/mol. The van der Waals surface area contributed by atoms with Crippen LogP contribution in [0.3, 0.4) is 0 Å². The molecule has 0 fully saturated rings. The van der Waals surface area contributed by atoms with Crippen LogP contribution >= 0.6 is 11.6 Å². The smallest absolute Gasteiger partial charge is 0.249 e. The van der Waals surface area contributed by atoms with Gasteiger partial charge in [-0.15, -0.1) is 0 Å². The molecule has 7 heteroatoms. The molecule has 5 nitrogen and oxygen atoms in total. The first-order chi connectivity index (χ1) is 7.51. The van der Waals surface area contributed by atoms with Gasteiger partial charge in [-0.3, -0.25) is 9.71 Å². The first-order valence-electron chi connectivity index (χ1n) is 4.52. The fourth-order valence-electron chi connectivity index (χ4n) is 1.06. The largest absolute Gasteiger partial charge is 0.279 e. The molecule has 1 aromatic rings. The lowest BCUT2D eigenvalue weighted by Gasteiger charge is -2.11. The topological polar surface area (TPSA) is 82.8 Å². The Morgan fingerprint density at radius 2 is 2.38 bits per heavy atom. The second-order valence-corrected chi connectivity index (χ2v) is 5.30. The van der Waals surface area contributed by atoms with Gasteiger partial charge in [0, 0.05) is 6.20 Å². The van der Waals surface area contributed by atoms with Gasteiger partial charge in [0.1, 0.15) is 0 Å². The van der Waals surface area contributed by atoms with Crippen LogP contribution in [0.4, 0.5) is 5.69 Å². The van der Waals surface area contributed by atoms with Gasteiger partial charge in [-0.2, -0.15) is 5.26 Å². The summed E-state index contributed by atoms with van der Waals surface area (Å²) < 4.78 is 25.6. The van der Waals surface area contributed by atoms with E-state index in [0.29, 0.717) is 0 Å². The molecule has 0 spiro atoms. The minimum Gasteiger partial charge on any atom is -0.279 e. The van der Waals surface area contributed by atoms with Gasteiger partial charge in [0.05, 0.1) is 23.0 Å². The first kappa shape index (κ1) is 12.7. The third-order valence-electron chi connectivity index (χ3n) is 1.91. The summed E-state index contributed by atoms with van der Waals surface area (Å²) in [6.07, 6.45) is 2.95. The SMILES string of the molecule is CCC(C#N)S(=O)(=O)Nc1cnccc1Cl. The Bertz CT molecular complexity index is 510. The van der Waals surface area contributed by atoms with Gasteiger partial charge in [0.15, 0.2) is 5.25 Å². The molecule has 1 atom stereocenters. The highest BCUT2D eigenvalue weighted by molar-refractivity contribution is 7.93. The zero-order valence-corrected chi connectivity index (χ0v) is 10.1. The molecule has 1 unspecified atom stereocenters. The van der Waals surface area contributed by atoms with Crippen LogP contribution in [0.25, 0.3) is 0 Å². The number of anilines is 1. The van der Waals surface area contributed by atoms with Gasteiger partial charge in [-0.1, -0.05) is 18.5 Å². The van der Waals surface area contributed by atoms with E-state index >= 15 is 0 Å². The quantitative estimate of drug-likeness (QED) is 0.893. The van der Waals surface area contributed by atoms with Gasteiger partial charge < -0.3 is 0 Å². The highest BCUT2D eigenvalue weighted by Gasteiger charge is 2.23. The summed E-state index contributed by atoms with van der Waals surface area (Å²) in [7, 11) is -3.73. The summed E-state index contributed by atoms with van der Waals surface area (Å²) in [4.78, 5) is 3.75. The molecule has 1 N–H and O–H groups in total. The number of aromatic nitrogens is 1. The van der Waals surface area contributed by atoms with Crippen LogP contribution in [0.5, 0.6) is 0 Å². The number of hydrogen-bond acceptors (Lipinski definition) is 4. The summed E-state index contributed by atoms with van der Waals surface area (Å²) in [6.45, 7) is 1.62. The van der Waals surface area contributed by atoms with Crippen LogP contribution in [-0.2, 0) is 10.0 Å². The van der Waals surface area contributed by atoms with E-state index in [-0.39, 0.29) is 17.1 Å². The third-order valence-corrected chi connectivity index (χ3v) is 3.93. The van der Waals surface area contributed by atoms with Crippen molar-refractivity contribution in [3.05, 3.63) is 23.5 Å². The molecule has 0 radical (unpaired) electrons. The maximum atomic E-state index is 11.7. The minimum atomic E-state index is -3.73. The Morgan fingerprint density at radius 3 is 2.88 bits per heavy atom. The van der Waals surface area contributed by atoms with Crippen molar-refractivity contribution < 1.29 is 8.42 Å². The summed E-state index contributed by atoms with van der Waals surface area (Å²) in [5, 5.41) is 7.84. The van der Waals surface area contributed by atoms with Crippen molar-refractivity contribution in [2.45, 2.75) is 18.6 Å². The molecule has 0 saturated heterocycles. The van der Waals surface area contributed by atoms with E-state index in [1.807, 2.05) is 0 Å². The number of hydrogen-bond donors (Lipinski definition) is 1. The standard InChI is InChI=1S/C9H10ClN3O2S/c1-2-7(5-11)16(14,15)13-9-6-12-4-3-8(9)10/h3-4,6-7,13H,2H2,1H3. The minimum absolute atomic E-state index is 0.179. The van der Waals surface area contributed by atoms with Crippen molar-refractivity contribution in [1.82, 2.24) is 4.98 Å². The lowest BCUT2D eigenvalue weighted by atomic mass is 10.4.